The highest BCUT2D eigenvalue weighted by Crippen LogP contribution is 2.79. The molecule has 0 aromatic carbocycles. The van der Waals surface area contributed by atoms with Gasteiger partial charge in [-0.25, -0.2) is 0 Å². The van der Waals surface area contributed by atoms with E-state index in [0.29, 0.717) is 0 Å². The molecule has 0 bridgehead atoms. The maximum atomic E-state index is 13.6. The van der Waals surface area contributed by atoms with Crippen molar-refractivity contribution < 1.29 is 44.5 Å². The van der Waals surface area contributed by atoms with Crippen molar-refractivity contribution in [1.82, 2.24) is 10.6 Å². The minimum atomic E-state index is -6.47. The first-order valence-electron chi connectivity index (χ1n) is 7.09. The number of rotatable bonds is 5. The predicted molar refractivity (Wildman–Crippen MR) is 70.7 cm³/mol. The van der Waals surface area contributed by atoms with Gasteiger partial charge in [0.25, 0.3) is 6.10 Å². The van der Waals surface area contributed by atoms with Gasteiger partial charge < -0.3 is 4.74 Å². The van der Waals surface area contributed by atoms with Gasteiger partial charge in [0, 0.05) is 0 Å². The summed E-state index contributed by atoms with van der Waals surface area (Å²) in [5.41, 5.74) is -4.20. The molecule has 0 aromatic rings. The van der Waals surface area contributed by atoms with Gasteiger partial charge in [-0.05, 0) is 18.8 Å². The number of carbonyl (C=O) groups is 1. The molecule has 0 spiro atoms. The van der Waals surface area contributed by atoms with Gasteiger partial charge in [-0.1, -0.05) is 13.8 Å². The van der Waals surface area contributed by atoms with Crippen molar-refractivity contribution in [3.05, 3.63) is 0 Å². The van der Waals surface area contributed by atoms with Crippen LogP contribution in [0, 0.1) is 10.8 Å². The van der Waals surface area contributed by atoms with Crippen LogP contribution in [0.15, 0.2) is 0 Å². The average Bonchev–Trinajstić information content (AvgIpc) is 3.23. The lowest BCUT2D eigenvalue weighted by molar-refractivity contribution is -0.262. The van der Waals surface area contributed by atoms with Gasteiger partial charge in [0.1, 0.15) is 16.7 Å². The quantitative estimate of drug-likeness (QED) is 0.275. The van der Waals surface area contributed by atoms with Crippen LogP contribution in [0.25, 0.3) is 0 Å². The van der Waals surface area contributed by atoms with Gasteiger partial charge in [-0.15, -0.1) is 0 Å². The van der Waals surface area contributed by atoms with E-state index in [4.69, 9.17) is 4.55 Å². The van der Waals surface area contributed by atoms with Crippen LogP contribution in [0.3, 0.4) is 0 Å². The van der Waals surface area contributed by atoms with E-state index in [1.807, 2.05) is 0 Å². The molecule has 2 aliphatic heterocycles. The second-order valence-electron chi connectivity index (χ2n) is 7.45. The molecule has 2 atom stereocenters. The van der Waals surface area contributed by atoms with Crippen LogP contribution in [0.1, 0.15) is 27.2 Å². The fourth-order valence-electron chi connectivity index (χ4n) is 3.76. The zero-order valence-electron chi connectivity index (χ0n) is 13.2. The van der Waals surface area contributed by atoms with Crippen molar-refractivity contribution in [3.63, 3.8) is 0 Å². The monoisotopic (exact) mass is 394 g/mol. The predicted octanol–water partition coefficient (Wildman–Crippen LogP) is 0.976. The molecule has 2 saturated heterocycles. The second-order valence-corrected chi connectivity index (χ2v) is 8.95. The molecule has 1 saturated carbocycles. The SMILES string of the molecule is CC1(C)CC1(C(=O)OC(C(F)(F)F)C(F)(F)S(=O)(=O)O)C12NC1(C)N2. The molecule has 144 valence electrons. The van der Waals surface area contributed by atoms with Crippen LogP contribution in [0.4, 0.5) is 22.0 Å². The van der Waals surface area contributed by atoms with E-state index in [1.165, 1.54) is 0 Å². The number of alkyl halides is 5. The Kier molecular flexibility index (Phi) is 3.19. The summed E-state index contributed by atoms with van der Waals surface area (Å²) >= 11 is 0. The summed E-state index contributed by atoms with van der Waals surface area (Å²) in [5.74, 6) is -1.61. The highest BCUT2D eigenvalue weighted by molar-refractivity contribution is 7.86. The zero-order valence-corrected chi connectivity index (χ0v) is 14.0. The lowest BCUT2D eigenvalue weighted by Crippen LogP contribution is -2.54. The summed E-state index contributed by atoms with van der Waals surface area (Å²) in [6.45, 7) is 4.73. The summed E-state index contributed by atoms with van der Waals surface area (Å²) in [4.78, 5) is 12.4. The van der Waals surface area contributed by atoms with Crippen LogP contribution in [0.2, 0.25) is 0 Å². The van der Waals surface area contributed by atoms with Gasteiger partial charge in [-0.3, -0.25) is 20.0 Å². The molecule has 2 heterocycles. The number of halogens is 5. The fourth-order valence-corrected chi connectivity index (χ4v) is 4.21. The Hall–Kier alpha value is -1.05. The van der Waals surface area contributed by atoms with Crippen LogP contribution >= 0.6 is 0 Å². The van der Waals surface area contributed by atoms with Crippen LogP contribution in [0.5, 0.6) is 0 Å². The van der Waals surface area contributed by atoms with E-state index in [0.717, 1.165) is 0 Å². The van der Waals surface area contributed by atoms with Crippen molar-refractivity contribution >= 4 is 16.1 Å². The third kappa shape index (κ3) is 2.12. The first-order chi connectivity index (χ1) is 10.9. The number of fused-ring (bicyclic) bond motifs is 1. The highest BCUT2D eigenvalue weighted by atomic mass is 32.2. The first kappa shape index (κ1) is 18.7. The molecular formula is C12H15F5N2O5S. The van der Waals surface area contributed by atoms with Crippen LogP contribution < -0.4 is 10.6 Å². The Morgan fingerprint density at radius 2 is 1.56 bits per heavy atom. The van der Waals surface area contributed by atoms with Crippen molar-refractivity contribution in [2.24, 2.45) is 10.8 Å². The molecule has 13 heteroatoms. The van der Waals surface area contributed by atoms with Gasteiger partial charge in [0.2, 0.25) is 0 Å². The van der Waals surface area contributed by atoms with E-state index < -0.39 is 55.8 Å². The van der Waals surface area contributed by atoms with Crippen molar-refractivity contribution in [2.45, 2.75) is 56.1 Å². The van der Waals surface area contributed by atoms with Gasteiger partial charge in [0.15, 0.2) is 0 Å². The number of nitrogens with one attached hydrogen (secondary N) is 2. The maximum absolute atomic E-state index is 13.6. The summed E-state index contributed by atoms with van der Waals surface area (Å²) < 4.78 is 99.8. The van der Waals surface area contributed by atoms with Gasteiger partial charge >= 0.3 is 27.5 Å². The third-order valence-electron chi connectivity index (χ3n) is 5.40. The number of ether oxygens (including phenoxy) is 1. The van der Waals surface area contributed by atoms with E-state index in [-0.39, 0.29) is 6.42 Å². The summed E-state index contributed by atoms with van der Waals surface area (Å²) in [5, 5.41) is -0.0274. The molecular weight excluding hydrogens is 379 g/mol. The van der Waals surface area contributed by atoms with E-state index in [9.17, 15) is 35.2 Å². The molecule has 0 aromatic heterocycles. The Morgan fingerprint density at radius 1 is 1.16 bits per heavy atom. The van der Waals surface area contributed by atoms with Crippen LogP contribution in [-0.4, -0.2) is 47.8 Å². The molecule has 3 fully saturated rings. The number of esters is 1. The van der Waals surface area contributed by atoms with E-state index >= 15 is 0 Å². The maximum Gasteiger partial charge on any atom is 0.432 e. The topological polar surface area (TPSA) is 125 Å². The number of hydrogen-bond acceptors (Lipinski definition) is 6. The second kappa shape index (κ2) is 4.26. The van der Waals surface area contributed by atoms with Gasteiger partial charge in [0.05, 0.1) is 0 Å². The number of carbonyl (C=O) groups excluding carboxylic acids is 1. The smallest absolute Gasteiger partial charge is 0.432 e. The summed E-state index contributed by atoms with van der Waals surface area (Å²) in [7, 11) is -6.47. The lowest BCUT2D eigenvalue weighted by Gasteiger charge is -2.29. The Labute approximate surface area is 139 Å². The van der Waals surface area contributed by atoms with Gasteiger partial charge in [-0.2, -0.15) is 30.4 Å². The molecule has 0 radical (unpaired) electrons. The molecule has 25 heavy (non-hydrogen) atoms. The first-order valence-corrected chi connectivity index (χ1v) is 8.53. The van der Waals surface area contributed by atoms with Crippen LogP contribution in [-0.2, 0) is 19.6 Å². The molecule has 3 aliphatic rings. The third-order valence-corrected chi connectivity index (χ3v) is 6.30. The van der Waals surface area contributed by atoms with Crippen molar-refractivity contribution in [1.29, 1.82) is 0 Å². The minimum Gasteiger partial charge on any atom is -0.444 e. The van der Waals surface area contributed by atoms with Crippen molar-refractivity contribution in [3.8, 4) is 0 Å². The molecule has 7 nitrogen and oxygen atoms in total. The van der Waals surface area contributed by atoms with E-state index in [2.05, 4.69) is 15.4 Å². The zero-order chi connectivity index (χ0) is 19.5. The largest absolute Gasteiger partial charge is 0.444 e. The molecule has 3 rings (SSSR count). The van der Waals surface area contributed by atoms with Crippen molar-refractivity contribution in [2.75, 3.05) is 0 Å². The molecule has 3 N–H and O–H groups in total. The Morgan fingerprint density at radius 3 is 1.80 bits per heavy atom. The summed E-state index contributed by atoms with van der Waals surface area (Å²) in [6, 6.07) is 0. The fraction of sp³-hybridized carbons (Fsp3) is 0.917. The molecule has 1 aliphatic carbocycles. The lowest BCUT2D eigenvalue weighted by atomic mass is 9.89. The summed E-state index contributed by atoms with van der Waals surface area (Å²) in [6.07, 6.45) is -10.2. The Balaban J connectivity index is 1.93. The molecule has 0 amide bonds. The standard InChI is InChI=1S/C12H15F5N2O5S/c1-7(2)4-9(7,12-8(3,18-12)19-12)6(20)24-5(10(13,14)15)11(16,17)25(21,22)23/h5,18-19H,4H2,1-3H3,(H,21,22,23). The Bertz CT molecular complexity index is 758. The minimum absolute atomic E-state index is 0.0520. The normalized spacial score (nSPS) is 40.0. The number of hydrogen-bond donors (Lipinski definition) is 3. The average molecular weight is 394 g/mol. The highest BCUT2D eigenvalue weighted by Gasteiger charge is 2.97. The molecule has 2 unspecified atom stereocenters. The van der Waals surface area contributed by atoms with E-state index in [1.54, 1.807) is 20.8 Å².